The minimum absolute atomic E-state index is 0.193. The molecule has 0 saturated carbocycles. The van der Waals surface area contributed by atoms with Crippen LogP contribution in [0.2, 0.25) is 0 Å². The summed E-state index contributed by atoms with van der Waals surface area (Å²) in [6, 6.07) is 0. The van der Waals surface area contributed by atoms with Crippen molar-refractivity contribution in [3.8, 4) is 0 Å². The molecule has 84 valence electrons. The number of amides is 1. The molecular weight excluding hydrogens is 178 g/mol. The van der Waals surface area contributed by atoms with Gasteiger partial charge in [-0.2, -0.15) is 0 Å². The SMILES string of the molecule is CCN(CCCCO)C(=O)C(C)(C)C. The zero-order valence-corrected chi connectivity index (χ0v) is 9.84. The second-order valence-electron chi connectivity index (χ2n) is 4.57. The molecule has 0 aliphatic carbocycles. The summed E-state index contributed by atoms with van der Waals surface area (Å²) in [6.07, 6.45) is 1.65. The highest BCUT2D eigenvalue weighted by Gasteiger charge is 2.25. The molecule has 0 atom stereocenters. The van der Waals surface area contributed by atoms with Gasteiger partial charge in [0.15, 0.2) is 0 Å². The molecule has 0 unspecified atom stereocenters. The summed E-state index contributed by atoms with van der Waals surface area (Å²) >= 11 is 0. The van der Waals surface area contributed by atoms with Gasteiger partial charge in [0.05, 0.1) is 0 Å². The van der Waals surface area contributed by atoms with Gasteiger partial charge in [-0.25, -0.2) is 0 Å². The fraction of sp³-hybridized carbons (Fsp3) is 0.909. The summed E-state index contributed by atoms with van der Waals surface area (Å²) in [5.74, 6) is 0.193. The summed E-state index contributed by atoms with van der Waals surface area (Å²) in [5, 5.41) is 8.65. The van der Waals surface area contributed by atoms with Crippen molar-refractivity contribution in [1.29, 1.82) is 0 Å². The topological polar surface area (TPSA) is 40.5 Å². The van der Waals surface area contributed by atoms with Crippen LogP contribution in [0.4, 0.5) is 0 Å². The predicted molar refractivity (Wildman–Crippen MR) is 58.0 cm³/mol. The first-order valence-electron chi connectivity index (χ1n) is 5.33. The summed E-state index contributed by atoms with van der Waals surface area (Å²) in [6.45, 7) is 9.51. The predicted octanol–water partition coefficient (Wildman–Crippen LogP) is 1.65. The third kappa shape index (κ3) is 4.61. The number of unbranched alkanes of at least 4 members (excludes halogenated alkanes) is 1. The van der Waals surface area contributed by atoms with Crippen LogP contribution in [0.25, 0.3) is 0 Å². The maximum atomic E-state index is 11.9. The molecule has 0 radical (unpaired) electrons. The first kappa shape index (κ1) is 13.4. The molecule has 1 N–H and O–H groups in total. The smallest absolute Gasteiger partial charge is 0.227 e. The van der Waals surface area contributed by atoms with E-state index in [1.807, 2.05) is 32.6 Å². The molecular formula is C11H23NO2. The van der Waals surface area contributed by atoms with Gasteiger partial charge in [0, 0.05) is 25.1 Å². The van der Waals surface area contributed by atoms with Crippen molar-refractivity contribution in [3.63, 3.8) is 0 Å². The Labute approximate surface area is 87.1 Å². The van der Waals surface area contributed by atoms with Gasteiger partial charge in [-0.3, -0.25) is 4.79 Å². The van der Waals surface area contributed by atoms with Gasteiger partial charge in [0.25, 0.3) is 0 Å². The molecule has 0 aliphatic heterocycles. The monoisotopic (exact) mass is 201 g/mol. The number of aliphatic hydroxyl groups is 1. The van der Waals surface area contributed by atoms with Crippen LogP contribution >= 0.6 is 0 Å². The zero-order chi connectivity index (χ0) is 11.2. The highest BCUT2D eigenvalue weighted by molar-refractivity contribution is 5.81. The number of aliphatic hydroxyl groups excluding tert-OH is 1. The number of carbonyl (C=O) groups is 1. The van der Waals surface area contributed by atoms with E-state index in [2.05, 4.69) is 0 Å². The average Bonchev–Trinajstić information content (AvgIpc) is 2.10. The van der Waals surface area contributed by atoms with E-state index in [1.165, 1.54) is 0 Å². The van der Waals surface area contributed by atoms with Crippen LogP contribution < -0.4 is 0 Å². The Kier molecular flexibility index (Phi) is 5.77. The molecule has 1 amide bonds. The normalized spacial score (nSPS) is 11.5. The number of nitrogens with zero attached hydrogens (tertiary/aromatic N) is 1. The lowest BCUT2D eigenvalue weighted by Gasteiger charge is -2.28. The fourth-order valence-electron chi connectivity index (χ4n) is 1.29. The van der Waals surface area contributed by atoms with Crippen LogP contribution in [0, 0.1) is 5.41 Å². The summed E-state index contributed by atoms with van der Waals surface area (Å²) < 4.78 is 0. The lowest BCUT2D eigenvalue weighted by Crippen LogP contribution is -2.39. The van der Waals surface area contributed by atoms with Crippen LogP contribution in [0.1, 0.15) is 40.5 Å². The Morgan fingerprint density at radius 3 is 2.21 bits per heavy atom. The number of hydrogen-bond donors (Lipinski definition) is 1. The van der Waals surface area contributed by atoms with Gasteiger partial charge >= 0.3 is 0 Å². The van der Waals surface area contributed by atoms with Crippen molar-refractivity contribution in [3.05, 3.63) is 0 Å². The molecule has 0 rings (SSSR count). The fourth-order valence-corrected chi connectivity index (χ4v) is 1.29. The van der Waals surface area contributed by atoms with E-state index in [4.69, 9.17) is 5.11 Å². The first-order chi connectivity index (χ1) is 6.43. The molecule has 0 heterocycles. The minimum Gasteiger partial charge on any atom is -0.396 e. The largest absolute Gasteiger partial charge is 0.396 e. The molecule has 0 aromatic heterocycles. The Bertz CT molecular complexity index is 173. The molecule has 3 heteroatoms. The molecule has 3 nitrogen and oxygen atoms in total. The van der Waals surface area contributed by atoms with E-state index >= 15 is 0 Å². The quantitative estimate of drug-likeness (QED) is 0.687. The second kappa shape index (κ2) is 6.02. The molecule has 0 spiro atoms. The molecule has 0 fully saturated rings. The maximum Gasteiger partial charge on any atom is 0.227 e. The molecule has 0 saturated heterocycles. The van der Waals surface area contributed by atoms with Crippen LogP contribution in [0.3, 0.4) is 0 Å². The van der Waals surface area contributed by atoms with Gasteiger partial charge in [0.2, 0.25) is 5.91 Å². The molecule has 0 bridgehead atoms. The molecule has 0 aliphatic rings. The van der Waals surface area contributed by atoms with Crippen LogP contribution in [-0.4, -0.2) is 35.6 Å². The van der Waals surface area contributed by atoms with E-state index in [0.29, 0.717) is 0 Å². The van der Waals surface area contributed by atoms with Crippen molar-refractivity contribution in [2.45, 2.75) is 40.5 Å². The van der Waals surface area contributed by atoms with Gasteiger partial charge < -0.3 is 10.0 Å². The molecule has 0 aromatic carbocycles. The zero-order valence-electron chi connectivity index (χ0n) is 9.84. The van der Waals surface area contributed by atoms with Crippen molar-refractivity contribution in [1.82, 2.24) is 4.90 Å². The highest BCUT2D eigenvalue weighted by Crippen LogP contribution is 2.17. The van der Waals surface area contributed by atoms with Crippen molar-refractivity contribution in [2.24, 2.45) is 5.41 Å². The Balaban J connectivity index is 4.07. The van der Waals surface area contributed by atoms with Gasteiger partial charge in [-0.1, -0.05) is 20.8 Å². The van der Waals surface area contributed by atoms with Crippen LogP contribution in [0.5, 0.6) is 0 Å². The third-order valence-electron chi connectivity index (χ3n) is 2.15. The first-order valence-corrected chi connectivity index (χ1v) is 5.33. The average molecular weight is 201 g/mol. The minimum atomic E-state index is -0.296. The number of rotatable bonds is 5. The lowest BCUT2D eigenvalue weighted by molar-refractivity contribution is -0.139. The second-order valence-corrected chi connectivity index (χ2v) is 4.57. The van der Waals surface area contributed by atoms with Gasteiger partial charge in [-0.05, 0) is 19.8 Å². The third-order valence-corrected chi connectivity index (χ3v) is 2.15. The van der Waals surface area contributed by atoms with Crippen molar-refractivity contribution < 1.29 is 9.90 Å². The van der Waals surface area contributed by atoms with Crippen molar-refractivity contribution in [2.75, 3.05) is 19.7 Å². The van der Waals surface area contributed by atoms with E-state index in [-0.39, 0.29) is 17.9 Å². The Morgan fingerprint density at radius 2 is 1.86 bits per heavy atom. The van der Waals surface area contributed by atoms with Crippen LogP contribution in [0.15, 0.2) is 0 Å². The van der Waals surface area contributed by atoms with E-state index in [0.717, 1.165) is 25.9 Å². The standard InChI is InChI=1S/C11H23NO2/c1-5-12(8-6-7-9-13)10(14)11(2,3)4/h13H,5-9H2,1-4H3. The summed E-state index contributed by atoms with van der Waals surface area (Å²) in [5.41, 5.74) is -0.296. The summed E-state index contributed by atoms with van der Waals surface area (Å²) in [7, 11) is 0. The van der Waals surface area contributed by atoms with Gasteiger partial charge in [-0.15, -0.1) is 0 Å². The van der Waals surface area contributed by atoms with E-state index in [9.17, 15) is 4.79 Å². The molecule has 14 heavy (non-hydrogen) atoms. The number of hydrogen-bond acceptors (Lipinski definition) is 2. The summed E-state index contributed by atoms with van der Waals surface area (Å²) in [4.78, 5) is 13.7. The Morgan fingerprint density at radius 1 is 1.29 bits per heavy atom. The van der Waals surface area contributed by atoms with E-state index < -0.39 is 0 Å². The maximum absolute atomic E-state index is 11.9. The Hall–Kier alpha value is -0.570. The number of carbonyl (C=O) groups excluding carboxylic acids is 1. The highest BCUT2D eigenvalue weighted by atomic mass is 16.2. The van der Waals surface area contributed by atoms with Gasteiger partial charge in [0.1, 0.15) is 0 Å². The lowest BCUT2D eigenvalue weighted by atomic mass is 9.94. The van der Waals surface area contributed by atoms with Crippen molar-refractivity contribution >= 4 is 5.91 Å². The van der Waals surface area contributed by atoms with E-state index in [1.54, 1.807) is 0 Å². The molecule has 0 aromatic rings. The van der Waals surface area contributed by atoms with Crippen LogP contribution in [-0.2, 0) is 4.79 Å².